The van der Waals surface area contributed by atoms with E-state index in [0.717, 1.165) is 13.0 Å². The number of nitrogens with one attached hydrogen (secondary N) is 2. The summed E-state index contributed by atoms with van der Waals surface area (Å²) in [4.78, 5) is 25.2. The molecule has 1 aliphatic heterocycles. The Morgan fingerprint density at radius 3 is 3.11 bits per heavy atom. The van der Waals surface area contributed by atoms with Crippen LogP contribution in [0.15, 0.2) is 24.3 Å². The van der Waals surface area contributed by atoms with Gasteiger partial charge in [0.05, 0.1) is 13.1 Å². The molecule has 0 atom stereocenters. The number of amides is 2. The summed E-state index contributed by atoms with van der Waals surface area (Å²) in [6.07, 6.45) is 0.857. The Hall–Kier alpha value is -1.59. The summed E-state index contributed by atoms with van der Waals surface area (Å²) in [5.41, 5.74) is 0.637. The minimum Gasteiger partial charge on any atom is -0.332 e. The number of hydrogen-bond donors (Lipinski definition) is 2. The predicted molar refractivity (Wildman–Crippen MR) is 74.1 cm³/mol. The van der Waals surface area contributed by atoms with Gasteiger partial charge in [-0.25, -0.2) is 0 Å². The first-order valence-electron chi connectivity index (χ1n) is 6.19. The molecule has 102 valence electrons. The van der Waals surface area contributed by atoms with E-state index in [4.69, 9.17) is 11.6 Å². The first kappa shape index (κ1) is 13.8. The molecular formula is C13H16ClN3O2. The molecule has 0 radical (unpaired) electrons. The quantitative estimate of drug-likeness (QED) is 0.872. The predicted octanol–water partition coefficient (Wildman–Crippen LogP) is 1.10. The highest BCUT2D eigenvalue weighted by molar-refractivity contribution is 6.30. The Morgan fingerprint density at radius 2 is 2.32 bits per heavy atom. The number of hydrogen-bond acceptors (Lipinski definition) is 3. The normalized spacial score (nSPS) is 16.1. The molecule has 0 unspecified atom stereocenters. The molecule has 0 bridgehead atoms. The molecular weight excluding hydrogens is 266 g/mol. The van der Waals surface area contributed by atoms with Gasteiger partial charge in [-0.3, -0.25) is 9.59 Å². The Kier molecular flexibility index (Phi) is 4.76. The average molecular weight is 282 g/mol. The third-order valence-corrected chi connectivity index (χ3v) is 3.09. The van der Waals surface area contributed by atoms with Crippen LogP contribution in [-0.4, -0.2) is 42.9 Å². The van der Waals surface area contributed by atoms with Gasteiger partial charge in [0, 0.05) is 17.3 Å². The van der Waals surface area contributed by atoms with Gasteiger partial charge in [-0.1, -0.05) is 17.7 Å². The first-order chi connectivity index (χ1) is 9.15. The lowest BCUT2D eigenvalue weighted by atomic mass is 10.3. The van der Waals surface area contributed by atoms with Crippen molar-refractivity contribution in [1.29, 1.82) is 0 Å². The highest BCUT2D eigenvalue weighted by atomic mass is 35.5. The summed E-state index contributed by atoms with van der Waals surface area (Å²) in [5, 5.41) is 6.31. The van der Waals surface area contributed by atoms with Crippen LogP contribution in [0.1, 0.15) is 6.42 Å². The fourth-order valence-electron chi connectivity index (χ4n) is 1.93. The van der Waals surface area contributed by atoms with E-state index in [9.17, 15) is 9.59 Å². The van der Waals surface area contributed by atoms with Crippen molar-refractivity contribution in [2.24, 2.45) is 0 Å². The van der Waals surface area contributed by atoms with E-state index in [1.807, 2.05) is 0 Å². The molecule has 0 spiro atoms. The Balaban J connectivity index is 1.91. The largest absolute Gasteiger partial charge is 0.332 e. The topological polar surface area (TPSA) is 61.4 Å². The van der Waals surface area contributed by atoms with Gasteiger partial charge in [0.2, 0.25) is 11.8 Å². The Labute approximate surface area is 116 Å². The second-order valence-corrected chi connectivity index (χ2v) is 4.84. The number of rotatable bonds is 3. The molecule has 0 aromatic heterocycles. The summed E-state index contributed by atoms with van der Waals surface area (Å²) in [5.74, 6) is -0.253. The second-order valence-electron chi connectivity index (χ2n) is 4.40. The molecule has 1 aliphatic rings. The van der Waals surface area contributed by atoms with Gasteiger partial charge in [0.25, 0.3) is 0 Å². The summed E-state index contributed by atoms with van der Waals surface area (Å²) in [6.45, 7) is 1.78. The highest BCUT2D eigenvalue weighted by Gasteiger charge is 2.18. The molecule has 1 fully saturated rings. The molecule has 19 heavy (non-hydrogen) atoms. The standard InChI is InChI=1S/C13H16ClN3O2/c14-10-3-1-4-11(7-10)16-12(18)9-17-6-2-5-15-8-13(17)19/h1,3-4,7,15H,2,5-6,8-9H2,(H,16,18). The monoisotopic (exact) mass is 281 g/mol. The van der Waals surface area contributed by atoms with Gasteiger partial charge < -0.3 is 15.5 Å². The summed E-state index contributed by atoms with van der Waals surface area (Å²) >= 11 is 5.84. The van der Waals surface area contributed by atoms with E-state index < -0.39 is 0 Å². The molecule has 1 heterocycles. The number of carbonyl (C=O) groups is 2. The van der Waals surface area contributed by atoms with Crippen LogP contribution in [0.25, 0.3) is 0 Å². The van der Waals surface area contributed by atoms with Gasteiger partial charge in [0.15, 0.2) is 0 Å². The van der Waals surface area contributed by atoms with E-state index in [-0.39, 0.29) is 18.4 Å². The van der Waals surface area contributed by atoms with Crippen LogP contribution < -0.4 is 10.6 Å². The fourth-order valence-corrected chi connectivity index (χ4v) is 2.12. The van der Waals surface area contributed by atoms with Gasteiger partial charge in [-0.15, -0.1) is 0 Å². The van der Waals surface area contributed by atoms with E-state index in [1.54, 1.807) is 29.2 Å². The lowest BCUT2D eigenvalue weighted by Crippen LogP contribution is -2.40. The maximum atomic E-state index is 11.9. The van der Waals surface area contributed by atoms with E-state index >= 15 is 0 Å². The van der Waals surface area contributed by atoms with Gasteiger partial charge in [-0.05, 0) is 31.2 Å². The van der Waals surface area contributed by atoms with Crippen molar-refractivity contribution in [2.45, 2.75) is 6.42 Å². The molecule has 2 N–H and O–H groups in total. The average Bonchev–Trinajstić information content (AvgIpc) is 2.55. The van der Waals surface area contributed by atoms with Crippen LogP contribution in [0, 0.1) is 0 Å². The molecule has 2 rings (SSSR count). The number of benzene rings is 1. The Morgan fingerprint density at radius 1 is 1.47 bits per heavy atom. The Bertz CT molecular complexity index is 479. The highest BCUT2D eigenvalue weighted by Crippen LogP contribution is 2.14. The SMILES string of the molecule is O=C(CN1CCCNCC1=O)Nc1cccc(Cl)c1. The van der Waals surface area contributed by atoms with Crippen LogP contribution in [0.4, 0.5) is 5.69 Å². The zero-order chi connectivity index (χ0) is 13.7. The number of nitrogens with zero attached hydrogens (tertiary/aromatic N) is 1. The van der Waals surface area contributed by atoms with E-state index in [1.165, 1.54) is 0 Å². The third-order valence-electron chi connectivity index (χ3n) is 2.85. The van der Waals surface area contributed by atoms with Crippen LogP contribution in [0.5, 0.6) is 0 Å². The molecule has 1 saturated heterocycles. The molecule has 6 heteroatoms. The van der Waals surface area contributed by atoms with Crippen LogP contribution >= 0.6 is 11.6 Å². The van der Waals surface area contributed by atoms with Gasteiger partial charge in [-0.2, -0.15) is 0 Å². The smallest absolute Gasteiger partial charge is 0.243 e. The summed E-state index contributed by atoms with van der Waals surface area (Å²) < 4.78 is 0. The molecule has 0 saturated carbocycles. The second kappa shape index (κ2) is 6.54. The summed E-state index contributed by atoms with van der Waals surface area (Å²) in [6, 6.07) is 6.93. The molecule has 1 aromatic rings. The molecule has 1 aromatic carbocycles. The molecule has 5 nitrogen and oxygen atoms in total. The number of halogens is 1. The lowest BCUT2D eigenvalue weighted by Gasteiger charge is -2.19. The maximum Gasteiger partial charge on any atom is 0.243 e. The number of anilines is 1. The van der Waals surface area contributed by atoms with Crippen molar-refractivity contribution in [3.63, 3.8) is 0 Å². The minimum absolute atomic E-state index is 0.0428. The van der Waals surface area contributed by atoms with E-state index in [2.05, 4.69) is 10.6 Å². The van der Waals surface area contributed by atoms with Crippen molar-refractivity contribution in [3.8, 4) is 0 Å². The van der Waals surface area contributed by atoms with Gasteiger partial charge >= 0.3 is 0 Å². The van der Waals surface area contributed by atoms with Crippen LogP contribution in [0.3, 0.4) is 0 Å². The van der Waals surface area contributed by atoms with E-state index in [0.29, 0.717) is 23.8 Å². The zero-order valence-corrected chi connectivity index (χ0v) is 11.2. The first-order valence-corrected chi connectivity index (χ1v) is 6.57. The maximum absolute atomic E-state index is 11.9. The van der Waals surface area contributed by atoms with Crippen molar-refractivity contribution in [3.05, 3.63) is 29.3 Å². The number of carbonyl (C=O) groups excluding carboxylic acids is 2. The molecule has 0 aliphatic carbocycles. The van der Waals surface area contributed by atoms with Crippen molar-refractivity contribution in [1.82, 2.24) is 10.2 Å². The van der Waals surface area contributed by atoms with Gasteiger partial charge in [0.1, 0.15) is 0 Å². The lowest BCUT2D eigenvalue weighted by molar-refractivity contribution is -0.133. The van der Waals surface area contributed by atoms with Crippen LogP contribution in [-0.2, 0) is 9.59 Å². The summed E-state index contributed by atoms with van der Waals surface area (Å²) in [7, 11) is 0. The minimum atomic E-state index is -0.211. The van der Waals surface area contributed by atoms with Crippen molar-refractivity contribution >= 4 is 29.1 Å². The van der Waals surface area contributed by atoms with Crippen molar-refractivity contribution in [2.75, 3.05) is 31.5 Å². The van der Waals surface area contributed by atoms with Crippen molar-refractivity contribution < 1.29 is 9.59 Å². The van der Waals surface area contributed by atoms with Crippen LogP contribution in [0.2, 0.25) is 5.02 Å². The fraction of sp³-hybridized carbons (Fsp3) is 0.385. The zero-order valence-electron chi connectivity index (χ0n) is 10.5. The third kappa shape index (κ3) is 4.22. The molecule has 2 amide bonds.